The van der Waals surface area contributed by atoms with Gasteiger partial charge in [0.15, 0.2) is 0 Å². The zero-order chi connectivity index (χ0) is 19.5. The lowest BCUT2D eigenvalue weighted by Crippen LogP contribution is -2.35. The minimum Gasteiger partial charge on any atom is -0.480 e. The zero-order valence-electron chi connectivity index (χ0n) is 15.8. The first-order chi connectivity index (χ1) is 13.6. The lowest BCUT2D eigenvalue weighted by atomic mass is 9.78. The molecule has 5 heteroatoms. The number of nitrogens with zero attached hydrogens (tertiary/aromatic N) is 2. The Morgan fingerprint density at radius 1 is 1.21 bits per heavy atom. The summed E-state index contributed by atoms with van der Waals surface area (Å²) < 4.78 is 13.4. The molecule has 146 valence electrons. The average molecular weight is 380 g/mol. The van der Waals surface area contributed by atoms with Crippen LogP contribution in [0.2, 0.25) is 0 Å². The van der Waals surface area contributed by atoms with Crippen molar-refractivity contribution in [1.29, 1.82) is 0 Å². The van der Waals surface area contributed by atoms with Gasteiger partial charge in [0.2, 0.25) is 0 Å². The third-order valence-corrected chi connectivity index (χ3v) is 6.04. The van der Waals surface area contributed by atoms with Crippen LogP contribution in [0.1, 0.15) is 31.4 Å². The lowest BCUT2D eigenvalue weighted by Gasteiger charge is -2.28. The number of carboxylic acid groups (broad SMARTS) is 1. The van der Waals surface area contributed by atoms with E-state index in [9.17, 15) is 14.3 Å². The van der Waals surface area contributed by atoms with Gasteiger partial charge < -0.3 is 5.11 Å². The molecule has 1 aromatic carbocycles. The number of aromatic nitrogens is 1. The van der Waals surface area contributed by atoms with Gasteiger partial charge in [0.25, 0.3) is 0 Å². The van der Waals surface area contributed by atoms with Gasteiger partial charge >= 0.3 is 5.97 Å². The average Bonchev–Trinajstić information content (AvgIpc) is 3.03. The molecule has 4 rings (SSSR count). The van der Waals surface area contributed by atoms with Crippen LogP contribution in [-0.4, -0.2) is 40.1 Å². The first kappa shape index (κ1) is 18.8. The number of rotatable bonds is 5. The summed E-state index contributed by atoms with van der Waals surface area (Å²) in [5.41, 5.74) is 2.50. The minimum atomic E-state index is -0.769. The quantitative estimate of drug-likeness (QED) is 0.831. The van der Waals surface area contributed by atoms with Gasteiger partial charge in [0.1, 0.15) is 5.82 Å². The maximum absolute atomic E-state index is 13.4. The maximum atomic E-state index is 13.4. The summed E-state index contributed by atoms with van der Waals surface area (Å²) in [6.45, 7) is 0.964. The zero-order valence-corrected chi connectivity index (χ0v) is 15.8. The molecular weight excluding hydrogens is 355 g/mol. The number of pyridine rings is 1. The number of carboxylic acids is 1. The van der Waals surface area contributed by atoms with Gasteiger partial charge in [-0.25, -0.2) is 4.39 Å². The molecule has 0 bridgehead atoms. The van der Waals surface area contributed by atoms with E-state index >= 15 is 0 Å². The van der Waals surface area contributed by atoms with Gasteiger partial charge in [-0.05, 0) is 54.5 Å². The van der Waals surface area contributed by atoms with E-state index in [0.717, 1.165) is 23.4 Å². The number of fused-ring (bicyclic) bond motifs is 1. The SMILES string of the molecule is O=C(O)CN1C[C@@H]2CCCC[C@@H]2[C@@H]1/C=C/c1ccc(-c2cccc(F)c2)cn1. The van der Waals surface area contributed by atoms with Crippen LogP contribution >= 0.6 is 0 Å². The van der Waals surface area contributed by atoms with Crippen molar-refractivity contribution >= 4 is 12.0 Å². The van der Waals surface area contributed by atoms with Crippen molar-refractivity contribution in [2.45, 2.75) is 31.7 Å². The third kappa shape index (κ3) is 4.14. The number of benzene rings is 1. The van der Waals surface area contributed by atoms with Crippen molar-refractivity contribution in [3.05, 3.63) is 60.2 Å². The molecule has 3 atom stereocenters. The van der Waals surface area contributed by atoms with Crippen LogP contribution in [-0.2, 0) is 4.79 Å². The van der Waals surface area contributed by atoms with Crippen molar-refractivity contribution in [2.75, 3.05) is 13.1 Å². The molecule has 2 aliphatic rings. The molecule has 4 nitrogen and oxygen atoms in total. The molecule has 1 aliphatic carbocycles. The number of aliphatic carboxylic acids is 1. The van der Waals surface area contributed by atoms with Crippen LogP contribution in [0.4, 0.5) is 4.39 Å². The summed E-state index contributed by atoms with van der Waals surface area (Å²) in [7, 11) is 0. The van der Waals surface area contributed by atoms with E-state index in [1.807, 2.05) is 24.3 Å². The second kappa shape index (κ2) is 8.23. The van der Waals surface area contributed by atoms with Gasteiger partial charge in [-0.15, -0.1) is 0 Å². The normalized spacial score (nSPS) is 25.1. The van der Waals surface area contributed by atoms with E-state index in [-0.39, 0.29) is 18.4 Å². The van der Waals surface area contributed by atoms with Crippen molar-refractivity contribution in [3.63, 3.8) is 0 Å². The van der Waals surface area contributed by atoms with Crippen LogP contribution in [0.25, 0.3) is 17.2 Å². The molecule has 0 radical (unpaired) electrons. The fourth-order valence-electron chi connectivity index (χ4n) is 4.75. The Labute approximate surface area is 164 Å². The number of carbonyl (C=O) groups is 1. The highest BCUT2D eigenvalue weighted by atomic mass is 19.1. The highest BCUT2D eigenvalue weighted by Crippen LogP contribution is 2.41. The molecule has 2 heterocycles. The first-order valence-corrected chi connectivity index (χ1v) is 9.96. The molecule has 0 spiro atoms. The summed E-state index contributed by atoms with van der Waals surface area (Å²) in [5, 5.41) is 9.26. The van der Waals surface area contributed by atoms with E-state index in [0.29, 0.717) is 11.8 Å². The molecule has 2 aromatic rings. The summed E-state index contributed by atoms with van der Waals surface area (Å²) >= 11 is 0. The largest absolute Gasteiger partial charge is 0.480 e. The fourth-order valence-corrected chi connectivity index (χ4v) is 4.75. The van der Waals surface area contributed by atoms with E-state index in [2.05, 4.69) is 16.0 Å². The first-order valence-electron chi connectivity index (χ1n) is 9.96. The van der Waals surface area contributed by atoms with Crippen LogP contribution in [0.3, 0.4) is 0 Å². The molecule has 0 amide bonds. The number of halogens is 1. The van der Waals surface area contributed by atoms with Crippen molar-refractivity contribution in [3.8, 4) is 11.1 Å². The number of hydrogen-bond donors (Lipinski definition) is 1. The summed E-state index contributed by atoms with van der Waals surface area (Å²) in [6, 6.07) is 10.5. The monoisotopic (exact) mass is 380 g/mol. The topological polar surface area (TPSA) is 53.4 Å². The molecule has 1 saturated heterocycles. The molecule has 2 fully saturated rings. The van der Waals surface area contributed by atoms with Gasteiger partial charge in [-0.3, -0.25) is 14.7 Å². The molecule has 1 N–H and O–H groups in total. The van der Waals surface area contributed by atoms with Gasteiger partial charge in [-0.2, -0.15) is 0 Å². The highest BCUT2D eigenvalue weighted by molar-refractivity contribution is 5.69. The third-order valence-electron chi connectivity index (χ3n) is 6.04. The Balaban J connectivity index is 1.50. The maximum Gasteiger partial charge on any atom is 0.317 e. The van der Waals surface area contributed by atoms with Gasteiger partial charge in [0, 0.05) is 24.3 Å². The van der Waals surface area contributed by atoms with Crippen LogP contribution in [0.5, 0.6) is 0 Å². The van der Waals surface area contributed by atoms with Crippen LogP contribution < -0.4 is 0 Å². The van der Waals surface area contributed by atoms with Crippen LogP contribution in [0.15, 0.2) is 48.7 Å². The van der Waals surface area contributed by atoms with E-state index < -0.39 is 5.97 Å². The molecule has 1 aliphatic heterocycles. The van der Waals surface area contributed by atoms with Crippen molar-refractivity contribution < 1.29 is 14.3 Å². The predicted octanol–water partition coefficient (Wildman–Crippen LogP) is 4.48. The van der Waals surface area contributed by atoms with Gasteiger partial charge in [-0.1, -0.05) is 37.1 Å². The van der Waals surface area contributed by atoms with E-state index in [1.165, 1.54) is 37.8 Å². The second-order valence-electron chi connectivity index (χ2n) is 7.86. The Morgan fingerprint density at radius 3 is 2.82 bits per heavy atom. The molecule has 0 unspecified atom stereocenters. The predicted molar refractivity (Wildman–Crippen MR) is 107 cm³/mol. The molecule has 1 saturated carbocycles. The lowest BCUT2D eigenvalue weighted by molar-refractivity contribution is -0.138. The number of hydrogen-bond acceptors (Lipinski definition) is 3. The molecule has 28 heavy (non-hydrogen) atoms. The Bertz CT molecular complexity index is 865. The summed E-state index contributed by atoms with van der Waals surface area (Å²) in [6.07, 6.45) is 10.7. The number of likely N-dealkylation sites (tertiary alicyclic amines) is 1. The van der Waals surface area contributed by atoms with Crippen LogP contribution in [0, 0.1) is 17.7 Å². The smallest absolute Gasteiger partial charge is 0.317 e. The summed E-state index contributed by atoms with van der Waals surface area (Å²) in [5.74, 6) is 0.111. The second-order valence-corrected chi connectivity index (χ2v) is 7.86. The molecule has 1 aromatic heterocycles. The minimum absolute atomic E-state index is 0.0912. The molecular formula is C23H25FN2O2. The summed E-state index contributed by atoms with van der Waals surface area (Å²) in [4.78, 5) is 17.9. The fraction of sp³-hybridized carbons (Fsp3) is 0.391. The Kier molecular flexibility index (Phi) is 5.53. The Morgan fingerprint density at radius 2 is 2.07 bits per heavy atom. The van der Waals surface area contributed by atoms with E-state index in [4.69, 9.17) is 0 Å². The Hall–Kier alpha value is -2.53. The highest BCUT2D eigenvalue weighted by Gasteiger charge is 2.41. The van der Waals surface area contributed by atoms with E-state index in [1.54, 1.807) is 12.3 Å². The van der Waals surface area contributed by atoms with Crippen molar-refractivity contribution in [2.24, 2.45) is 11.8 Å². The standard InChI is InChI=1S/C23H25FN2O2/c24-19-6-3-5-16(12-19)17-8-9-20(25-13-17)10-11-22-21-7-2-1-4-18(21)14-26(22)15-23(27)28/h3,5-6,8-13,18,21-22H,1-2,4,7,14-15H2,(H,27,28)/b11-10+/t18-,21-,22-/m0/s1. The van der Waals surface area contributed by atoms with Gasteiger partial charge in [0.05, 0.1) is 12.2 Å². The van der Waals surface area contributed by atoms with Crippen molar-refractivity contribution in [1.82, 2.24) is 9.88 Å².